The van der Waals surface area contributed by atoms with Crippen LogP contribution in [0.2, 0.25) is 0 Å². The fourth-order valence-corrected chi connectivity index (χ4v) is 22.9. The first-order valence-electron chi connectivity index (χ1n) is 18.0. The molecule has 0 atom stereocenters. The van der Waals surface area contributed by atoms with Crippen molar-refractivity contribution in [1.82, 2.24) is 0 Å². The third-order valence-electron chi connectivity index (χ3n) is 10.3. The fraction of sp³-hybridized carbons (Fsp3) is 0. The first-order valence-corrected chi connectivity index (χ1v) is 23.7. The van der Waals surface area contributed by atoms with Crippen molar-refractivity contribution in [2.24, 2.45) is 0 Å². The molecule has 0 radical (unpaired) electrons. The number of rotatable bonds is 8. The first-order chi connectivity index (χ1) is 26.6. The van der Waals surface area contributed by atoms with E-state index in [9.17, 15) is 0 Å². The predicted octanol–water partition coefficient (Wildman–Crippen LogP) is 9.15. The van der Waals surface area contributed by atoms with E-state index < -0.39 is 23.1 Å². The van der Waals surface area contributed by atoms with Gasteiger partial charge in [-0.15, -0.1) is 0 Å². The average molecular weight is 778 g/mol. The Bertz CT molecular complexity index is 2400. The second kappa shape index (κ2) is 14.0. The Labute approximate surface area is 319 Å². The van der Waals surface area contributed by atoms with E-state index >= 15 is 8.42 Å². The molecule has 0 fully saturated rings. The maximum absolute atomic E-state index is 15.5. The number of anilines is 6. The maximum atomic E-state index is 15.5. The van der Waals surface area contributed by atoms with Crippen LogP contribution in [0.25, 0.3) is 0 Å². The molecule has 4 nitrogen and oxygen atoms in total. The molecule has 9 rings (SSSR count). The van der Waals surface area contributed by atoms with E-state index in [1.807, 2.05) is 97.1 Å². The molecule has 0 aliphatic carbocycles. The Balaban J connectivity index is 1.36. The van der Waals surface area contributed by atoms with Crippen LogP contribution in [0.1, 0.15) is 0 Å². The van der Waals surface area contributed by atoms with Crippen molar-refractivity contribution >= 4 is 74.8 Å². The van der Waals surface area contributed by atoms with E-state index in [2.05, 4.69) is 131 Å². The van der Waals surface area contributed by atoms with Gasteiger partial charge in [-0.05, 0) is 0 Å². The normalized spacial score (nSPS) is 13.6. The molecular formula is C48H36GeN2O2S. The summed E-state index contributed by atoms with van der Waals surface area (Å²) in [7, 11) is -4.04. The third kappa shape index (κ3) is 5.64. The van der Waals surface area contributed by atoms with Crippen molar-refractivity contribution in [3.8, 4) is 0 Å². The molecule has 8 aromatic rings. The van der Waals surface area contributed by atoms with Gasteiger partial charge in [-0.3, -0.25) is 0 Å². The predicted molar refractivity (Wildman–Crippen MR) is 225 cm³/mol. The van der Waals surface area contributed by atoms with Crippen molar-refractivity contribution < 1.29 is 8.42 Å². The zero-order chi connectivity index (χ0) is 36.5. The number of fused-ring (bicyclic) bond motifs is 2. The average Bonchev–Trinajstić information content (AvgIpc) is 3.24. The molecule has 0 N–H and O–H groups in total. The van der Waals surface area contributed by atoms with Gasteiger partial charge in [0.2, 0.25) is 0 Å². The summed E-state index contributed by atoms with van der Waals surface area (Å²) in [6.07, 6.45) is 0. The summed E-state index contributed by atoms with van der Waals surface area (Å²) in [6.45, 7) is 0. The molecular weight excluding hydrogens is 741 g/mol. The summed E-state index contributed by atoms with van der Waals surface area (Å²) >= 11 is -4.01. The summed E-state index contributed by atoms with van der Waals surface area (Å²) in [4.78, 5) is 4.99. The van der Waals surface area contributed by atoms with Gasteiger partial charge in [-0.2, -0.15) is 0 Å². The molecule has 0 unspecified atom stereocenters. The van der Waals surface area contributed by atoms with Gasteiger partial charge in [0.05, 0.1) is 0 Å². The summed E-state index contributed by atoms with van der Waals surface area (Å²) in [6, 6.07) is 73.9. The first kappa shape index (κ1) is 33.7. The summed E-state index contributed by atoms with van der Waals surface area (Å²) in [5.41, 5.74) is 5.34. The zero-order valence-corrected chi connectivity index (χ0v) is 32.3. The molecule has 1 aliphatic rings. The van der Waals surface area contributed by atoms with E-state index in [1.165, 1.54) is 8.79 Å². The number of hydrogen-bond acceptors (Lipinski definition) is 4. The molecule has 0 aromatic heterocycles. The summed E-state index contributed by atoms with van der Waals surface area (Å²) < 4.78 is 35.2. The van der Waals surface area contributed by atoms with E-state index in [0.717, 1.165) is 42.9 Å². The SMILES string of the molecule is O=S1(=O)c2cc(N(c3ccccc3)c3ccccc3)cc[c]2[Ge]([c]2ccccc2)([c]2ccccc2)[c]2ccc(N(c3ccccc3)c3ccccc3)cc21. The summed E-state index contributed by atoms with van der Waals surface area (Å²) in [5, 5.41) is 0. The topological polar surface area (TPSA) is 40.6 Å². The zero-order valence-electron chi connectivity index (χ0n) is 29.4. The molecule has 6 heteroatoms. The van der Waals surface area contributed by atoms with Gasteiger partial charge in [-0.25, -0.2) is 0 Å². The molecule has 0 bridgehead atoms. The molecule has 0 saturated heterocycles. The minimum atomic E-state index is -4.04. The van der Waals surface area contributed by atoms with Gasteiger partial charge in [0.15, 0.2) is 0 Å². The monoisotopic (exact) mass is 778 g/mol. The van der Waals surface area contributed by atoms with E-state index in [0.29, 0.717) is 9.79 Å². The van der Waals surface area contributed by atoms with Gasteiger partial charge >= 0.3 is 321 Å². The Morgan fingerprint density at radius 3 is 0.889 bits per heavy atom. The Hall–Kier alpha value is -6.15. The van der Waals surface area contributed by atoms with Crippen molar-refractivity contribution in [2.75, 3.05) is 9.80 Å². The van der Waals surface area contributed by atoms with Crippen molar-refractivity contribution in [3.63, 3.8) is 0 Å². The molecule has 8 aromatic carbocycles. The van der Waals surface area contributed by atoms with Gasteiger partial charge in [0.1, 0.15) is 0 Å². The van der Waals surface area contributed by atoms with Gasteiger partial charge in [-0.1, -0.05) is 0 Å². The molecule has 1 aliphatic heterocycles. The summed E-state index contributed by atoms with van der Waals surface area (Å²) in [5.74, 6) is 0. The van der Waals surface area contributed by atoms with E-state index in [1.54, 1.807) is 0 Å². The van der Waals surface area contributed by atoms with Crippen LogP contribution in [0.5, 0.6) is 0 Å². The second-order valence-corrected chi connectivity index (χ2v) is 23.1. The number of para-hydroxylation sites is 4. The Morgan fingerprint density at radius 2 is 0.593 bits per heavy atom. The Kier molecular flexibility index (Phi) is 8.74. The van der Waals surface area contributed by atoms with E-state index in [4.69, 9.17) is 0 Å². The number of benzene rings is 8. The molecule has 0 amide bonds. The number of nitrogens with zero attached hydrogens (tertiary/aromatic N) is 2. The molecule has 0 saturated carbocycles. The van der Waals surface area contributed by atoms with Gasteiger partial charge < -0.3 is 0 Å². The molecule has 1 heterocycles. The standard InChI is InChI=1S/C48H36GeN2O2S/c52-54(53)47-35-43(50(39-23-11-3-12-24-39)40-25-13-4-14-26-40)31-33-45(47)49(37-19-7-1-8-20-37,38-21-9-2-10-22-38)46-34-32-44(36-48(46)54)51(41-27-15-5-16-28-41)42-29-17-6-18-30-42/h1-36H. The fourth-order valence-electron chi connectivity index (χ4n) is 8.00. The molecule has 0 spiro atoms. The van der Waals surface area contributed by atoms with Crippen LogP contribution in [-0.4, -0.2) is 21.7 Å². The molecule has 54 heavy (non-hydrogen) atoms. The third-order valence-corrected chi connectivity index (χ3v) is 23.2. The van der Waals surface area contributed by atoms with Crippen LogP contribution in [0.4, 0.5) is 34.1 Å². The minimum absolute atomic E-state index is 0.361. The number of sulfone groups is 1. The van der Waals surface area contributed by atoms with Crippen molar-refractivity contribution in [1.29, 1.82) is 0 Å². The van der Waals surface area contributed by atoms with Crippen LogP contribution in [0, 0.1) is 0 Å². The molecule has 260 valence electrons. The second-order valence-electron chi connectivity index (χ2n) is 13.4. The van der Waals surface area contributed by atoms with Crippen molar-refractivity contribution in [2.45, 2.75) is 9.79 Å². The van der Waals surface area contributed by atoms with Crippen LogP contribution >= 0.6 is 0 Å². The van der Waals surface area contributed by atoms with Crippen LogP contribution in [0.15, 0.2) is 228 Å². The van der Waals surface area contributed by atoms with Crippen molar-refractivity contribution in [3.05, 3.63) is 218 Å². The van der Waals surface area contributed by atoms with Crippen LogP contribution < -0.4 is 27.4 Å². The van der Waals surface area contributed by atoms with Gasteiger partial charge in [0, 0.05) is 0 Å². The number of hydrogen-bond donors (Lipinski definition) is 0. The quantitative estimate of drug-likeness (QED) is 0.145. The van der Waals surface area contributed by atoms with Crippen LogP contribution in [0.3, 0.4) is 0 Å². The van der Waals surface area contributed by atoms with Crippen LogP contribution in [-0.2, 0) is 9.84 Å². The van der Waals surface area contributed by atoms with E-state index in [-0.39, 0.29) is 0 Å². The van der Waals surface area contributed by atoms with Gasteiger partial charge in [0.25, 0.3) is 0 Å². The Morgan fingerprint density at radius 1 is 0.315 bits per heavy atom.